The molecule has 0 radical (unpaired) electrons. The molecule has 0 atom stereocenters. The van der Waals surface area contributed by atoms with E-state index in [1.165, 1.54) is 5.56 Å². The van der Waals surface area contributed by atoms with E-state index in [0.717, 1.165) is 22.5 Å². The van der Waals surface area contributed by atoms with Crippen molar-refractivity contribution in [1.29, 1.82) is 0 Å². The molecule has 0 aliphatic carbocycles. The second-order valence-corrected chi connectivity index (χ2v) is 4.98. The van der Waals surface area contributed by atoms with Crippen molar-refractivity contribution in [2.75, 3.05) is 5.32 Å². The molecular formula is C16H17N3O. The third-order valence-corrected chi connectivity index (χ3v) is 3.45. The summed E-state index contributed by atoms with van der Waals surface area (Å²) in [5.74, 6) is 1.26. The van der Waals surface area contributed by atoms with Crippen molar-refractivity contribution in [3.63, 3.8) is 0 Å². The summed E-state index contributed by atoms with van der Waals surface area (Å²) < 4.78 is 2.10. The van der Waals surface area contributed by atoms with Gasteiger partial charge < -0.3 is 15.0 Å². The molecule has 1 aromatic heterocycles. The Hall–Kier alpha value is -2.49. The molecule has 0 amide bonds. The fourth-order valence-corrected chi connectivity index (χ4v) is 2.28. The van der Waals surface area contributed by atoms with Crippen molar-refractivity contribution in [3.8, 4) is 5.75 Å². The van der Waals surface area contributed by atoms with Crippen LogP contribution in [0.2, 0.25) is 0 Å². The van der Waals surface area contributed by atoms with E-state index in [1.54, 1.807) is 12.1 Å². The first kappa shape index (κ1) is 12.5. The summed E-state index contributed by atoms with van der Waals surface area (Å²) in [6.45, 7) is 2.72. The van der Waals surface area contributed by atoms with Gasteiger partial charge in [-0.2, -0.15) is 0 Å². The Morgan fingerprint density at radius 3 is 2.65 bits per heavy atom. The van der Waals surface area contributed by atoms with Gasteiger partial charge >= 0.3 is 0 Å². The number of phenols is 1. The Morgan fingerprint density at radius 2 is 1.90 bits per heavy atom. The summed E-state index contributed by atoms with van der Waals surface area (Å²) in [6, 6.07) is 13.3. The number of fused-ring (bicyclic) bond motifs is 1. The molecule has 1 heterocycles. The Bertz CT molecular complexity index is 744. The van der Waals surface area contributed by atoms with Crippen LogP contribution in [0.5, 0.6) is 5.75 Å². The predicted octanol–water partition coefficient (Wildman–Crippen LogP) is 3.20. The topological polar surface area (TPSA) is 50.1 Å². The maximum Gasteiger partial charge on any atom is 0.128 e. The van der Waals surface area contributed by atoms with Crippen LogP contribution in [0, 0.1) is 6.92 Å². The van der Waals surface area contributed by atoms with Gasteiger partial charge in [0.05, 0.1) is 17.6 Å². The number of aromatic hydroxyl groups is 1. The number of phenolic OH excluding ortho intramolecular Hbond substituents is 1. The van der Waals surface area contributed by atoms with E-state index < -0.39 is 0 Å². The number of rotatable bonds is 3. The number of hydrogen-bond donors (Lipinski definition) is 2. The SMILES string of the molecule is Cc1ccc2c(c1)nc(CNc1ccc(O)cc1)n2C. The van der Waals surface area contributed by atoms with Gasteiger partial charge in [0.2, 0.25) is 0 Å². The molecule has 2 aromatic carbocycles. The summed E-state index contributed by atoms with van der Waals surface area (Å²) in [5.41, 5.74) is 4.34. The van der Waals surface area contributed by atoms with Gasteiger partial charge in [-0.15, -0.1) is 0 Å². The first-order valence-electron chi connectivity index (χ1n) is 6.58. The first-order valence-corrected chi connectivity index (χ1v) is 6.58. The van der Waals surface area contributed by atoms with E-state index in [9.17, 15) is 5.11 Å². The molecule has 102 valence electrons. The third kappa shape index (κ3) is 2.32. The van der Waals surface area contributed by atoms with Gasteiger partial charge in [0.15, 0.2) is 0 Å². The van der Waals surface area contributed by atoms with E-state index in [4.69, 9.17) is 0 Å². The van der Waals surface area contributed by atoms with Crippen LogP contribution in [0.1, 0.15) is 11.4 Å². The molecule has 0 spiro atoms. The number of benzene rings is 2. The largest absolute Gasteiger partial charge is 0.508 e. The molecule has 0 aliphatic heterocycles. The van der Waals surface area contributed by atoms with Crippen molar-refractivity contribution in [1.82, 2.24) is 9.55 Å². The van der Waals surface area contributed by atoms with Gasteiger partial charge in [-0.1, -0.05) is 6.07 Å². The number of nitrogens with zero attached hydrogens (tertiary/aromatic N) is 2. The Kier molecular flexibility index (Phi) is 3.06. The number of anilines is 1. The quantitative estimate of drug-likeness (QED) is 0.716. The lowest BCUT2D eigenvalue weighted by atomic mass is 10.2. The standard InChI is InChI=1S/C16H17N3O/c1-11-3-8-15-14(9-11)18-16(19(15)2)10-17-12-4-6-13(20)7-5-12/h3-9,17,20H,10H2,1-2H3. The smallest absolute Gasteiger partial charge is 0.128 e. The minimum atomic E-state index is 0.272. The number of aromatic nitrogens is 2. The first-order chi connectivity index (χ1) is 9.63. The van der Waals surface area contributed by atoms with Gasteiger partial charge in [0.1, 0.15) is 11.6 Å². The Balaban J connectivity index is 1.84. The van der Waals surface area contributed by atoms with E-state index >= 15 is 0 Å². The van der Waals surface area contributed by atoms with E-state index in [0.29, 0.717) is 6.54 Å². The van der Waals surface area contributed by atoms with Crippen LogP contribution < -0.4 is 5.32 Å². The maximum absolute atomic E-state index is 9.26. The van der Waals surface area contributed by atoms with Crippen molar-refractivity contribution < 1.29 is 5.11 Å². The highest BCUT2D eigenvalue weighted by Crippen LogP contribution is 2.18. The monoisotopic (exact) mass is 267 g/mol. The zero-order valence-electron chi connectivity index (χ0n) is 11.6. The fourth-order valence-electron chi connectivity index (χ4n) is 2.28. The molecule has 0 saturated heterocycles. The molecule has 0 aliphatic rings. The van der Waals surface area contributed by atoms with E-state index in [-0.39, 0.29) is 5.75 Å². The third-order valence-electron chi connectivity index (χ3n) is 3.45. The van der Waals surface area contributed by atoms with Crippen molar-refractivity contribution in [2.45, 2.75) is 13.5 Å². The second kappa shape index (κ2) is 4.89. The molecule has 0 saturated carbocycles. The van der Waals surface area contributed by atoms with Gasteiger partial charge in [0.25, 0.3) is 0 Å². The van der Waals surface area contributed by atoms with Gasteiger partial charge in [-0.3, -0.25) is 0 Å². The van der Waals surface area contributed by atoms with Crippen LogP contribution in [-0.4, -0.2) is 14.7 Å². The minimum absolute atomic E-state index is 0.272. The molecule has 20 heavy (non-hydrogen) atoms. The fraction of sp³-hybridized carbons (Fsp3) is 0.188. The number of hydrogen-bond acceptors (Lipinski definition) is 3. The Labute approximate surface area is 117 Å². The summed E-state index contributed by atoms with van der Waals surface area (Å²) in [4.78, 5) is 4.66. The molecule has 3 rings (SSSR count). The number of imidazole rings is 1. The molecule has 3 aromatic rings. The molecule has 4 nitrogen and oxygen atoms in total. The number of aryl methyl sites for hydroxylation is 2. The number of nitrogens with one attached hydrogen (secondary N) is 1. The molecule has 2 N–H and O–H groups in total. The van der Waals surface area contributed by atoms with Crippen LogP contribution in [0.3, 0.4) is 0 Å². The van der Waals surface area contributed by atoms with Crippen molar-refractivity contribution in [3.05, 3.63) is 53.9 Å². The summed E-state index contributed by atoms with van der Waals surface area (Å²) in [6.07, 6.45) is 0. The Morgan fingerprint density at radius 1 is 1.15 bits per heavy atom. The second-order valence-electron chi connectivity index (χ2n) is 4.98. The van der Waals surface area contributed by atoms with E-state index in [1.807, 2.05) is 19.2 Å². The summed E-state index contributed by atoms with van der Waals surface area (Å²) >= 11 is 0. The maximum atomic E-state index is 9.26. The summed E-state index contributed by atoms with van der Waals surface area (Å²) in [5, 5.41) is 12.6. The predicted molar refractivity (Wildman–Crippen MR) is 80.9 cm³/mol. The molecule has 0 fully saturated rings. The minimum Gasteiger partial charge on any atom is -0.508 e. The zero-order valence-corrected chi connectivity index (χ0v) is 11.6. The average Bonchev–Trinajstić information content (AvgIpc) is 2.74. The molecule has 0 bridgehead atoms. The van der Waals surface area contributed by atoms with Crippen LogP contribution >= 0.6 is 0 Å². The zero-order chi connectivity index (χ0) is 14.1. The highest BCUT2D eigenvalue weighted by atomic mass is 16.3. The summed E-state index contributed by atoms with van der Waals surface area (Å²) in [7, 11) is 2.03. The molecule has 4 heteroatoms. The lowest BCUT2D eigenvalue weighted by Crippen LogP contribution is -2.05. The lowest BCUT2D eigenvalue weighted by Gasteiger charge is -2.06. The van der Waals surface area contributed by atoms with Crippen molar-refractivity contribution in [2.24, 2.45) is 7.05 Å². The highest BCUT2D eigenvalue weighted by molar-refractivity contribution is 5.76. The van der Waals surface area contributed by atoms with Crippen LogP contribution in [-0.2, 0) is 13.6 Å². The molecule has 0 unspecified atom stereocenters. The lowest BCUT2D eigenvalue weighted by molar-refractivity contribution is 0.475. The van der Waals surface area contributed by atoms with Crippen LogP contribution in [0.15, 0.2) is 42.5 Å². The van der Waals surface area contributed by atoms with Gasteiger partial charge in [-0.05, 0) is 48.9 Å². The van der Waals surface area contributed by atoms with Gasteiger partial charge in [0, 0.05) is 12.7 Å². The van der Waals surface area contributed by atoms with E-state index in [2.05, 4.69) is 40.0 Å². The van der Waals surface area contributed by atoms with Crippen LogP contribution in [0.4, 0.5) is 5.69 Å². The average molecular weight is 267 g/mol. The highest BCUT2D eigenvalue weighted by Gasteiger charge is 2.07. The van der Waals surface area contributed by atoms with Crippen LogP contribution in [0.25, 0.3) is 11.0 Å². The molecular weight excluding hydrogens is 250 g/mol. The van der Waals surface area contributed by atoms with Crippen molar-refractivity contribution >= 4 is 16.7 Å². The van der Waals surface area contributed by atoms with Gasteiger partial charge in [-0.25, -0.2) is 4.98 Å². The normalized spacial score (nSPS) is 10.9.